The second-order valence-electron chi connectivity index (χ2n) is 9.16. The van der Waals surface area contributed by atoms with Crippen LogP contribution in [0.25, 0.3) is 0 Å². The smallest absolute Gasteiger partial charge is 0.318 e. The van der Waals surface area contributed by atoms with Gasteiger partial charge in [-0.05, 0) is 74.4 Å². The van der Waals surface area contributed by atoms with E-state index in [0.29, 0.717) is 37.5 Å². The number of Topliss-reactive ketones (excluding diaryl/α,β-unsaturated/α-hetero) is 1. The Bertz CT molecular complexity index is 1180. The van der Waals surface area contributed by atoms with Crippen LogP contribution in [0.2, 0.25) is 0 Å². The molecule has 36 heavy (non-hydrogen) atoms. The second kappa shape index (κ2) is 11.2. The van der Waals surface area contributed by atoms with Gasteiger partial charge in [-0.15, -0.1) is 0 Å². The van der Waals surface area contributed by atoms with Crippen molar-refractivity contribution >= 4 is 11.8 Å². The molecular weight excluding hydrogens is 462 g/mol. The van der Waals surface area contributed by atoms with E-state index in [-0.39, 0.29) is 23.3 Å². The molecule has 1 saturated heterocycles. The van der Waals surface area contributed by atoms with E-state index in [1.54, 1.807) is 53.4 Å². The molecule has 0 radical (unpaired) electrons. The number of aromatic nitrogens is 2. The topological polar surface area (TPSA) is 155 Å². The van der Waals surface area contributed by atoms with Crippen molar-refractivity contribution in [3.8, 4) is 11.5 Å². The van der Waals surface area contributed by atoms with Crippen LogP contribution >= 0.6 is 0 Å². The lowest BCUT2D eigenvalue weighted by atomic mass is 10.0. The molecule has 10 heteroatoms. The molecule has 2 heterocycles. The van der Waals surface area contributed by atoms with Gasteiger partial charge in [-0.3, -0.25) is 4.79 Å². The largest absolute Gasteiger partial charge is 0.508 e. The molecule has 4 rings (SSSR count). The van der Waals surface area contributed by atoms with Crippen LogP contribution in [0, 0.1) is 0 Å². The van der Waals surface area contributed by atoms with Gasteiger partial charge in [0.2, 0.25) is 5.89 Å². The number of amides is 2. The van der Waals surface area contributed by atoms with E-state index in [2.05, 4.69) is 15.5 Å². The number of rotatable bonds is 8. The van der Waals surface area contributed by atoms with Crippen LogP contribution in [0.4, 0.5) is 4.79 Å². The molecule has 0 aliphatic carbocycles. The number of likely N-dealkylation sites (tertiary alicyclic amines) is 1. The van der Waals surface area contributed by atoms with Crippen molar-refractivity contribution in [1.82, 2.24) is 20.4 Å². The fraction of sp³-hybridized carbons (Fsp3) is 0.385. The molecule has 1 aromatic heterocycles. The van der Waals surface area contributed by atoms with Crippen LogP contribution in [-0.2, 0) is 17.6 Å². The van der Waals surface area contributed by atoms with Gasteiger partial charge in [0.15, 0.2) is 11.6 Å². The lowest BCUT2D eigenvalue weighted by Gasteiger charge is -2.34. The molecule has 3 aromatic rings. The number of carbonyl (C=O) groups excluding carboxylic acids is 2. The Hall–Kier alpha value is -3.92. The van der Waals surface area contributed by atoms with E-state index >= 15 is 0 Å². The molecule has 0 saturated carbocycles. The molecule has 5 N–H and O–H groups in total. The number of aromatic hydroxyl groups is 2. The number of nitrogens with one attached hydrogen (secondary N) is 1. The first-order chi connectivity index (χ1) is 17.3. The quantitative estimate of drug-likeness (QED) is 0.373. The van der Waals surface area contributed by atoms with Crippen LogP contribution < -0.4 is 11.1 Å². The van der Waals surface area contributed by atoms with Gasteiger partial charge in [0, 0.05) is 6.54 Å². The molecular formula is C26H31N5O5. The molecule has 190 valence electrons. The fourth-order valence-electron chi connectivity index (χ4n) is 4.34. The first-order valence-electron chi connectivity index (χ1n) is 12.0. The van der Waals surface area contributed by atoms with Crippen molar-refractivity contribution < 1.29 is 24.3 Å². The van der Waals surface area contributed by atoms with Crippen molar-refractivity contribution in [2.45, 2.75) is 57.2 Å². The average molecular weight is 494 g/mol. The number of nitrogens with zero attached hydrogens (tertiary/aromatic N) is 3. The number of hydrogen-bond donors (Lipinski definition) is 4. The number of phenols is 2. The maximum absolute atomic E-state index is 13.2. The summed E-state index contributed by atoms with van der Waals surface area (Å²) in [7, 11) is 0. The normalized spacial score (nSPS) is 17.4. The summed E-state index contributed by atoms with van der Waals surface area (Å²) in [6.07, 6.45) is 3.16. The molecule has 1 aliphatic rings. The highest BCUT2D eigenvalue weighted by molar-refractivity contribution is 5.87. The monoisotopic (exact) mass is 493 g/mol. The van der Waals surface area contributed by atoms with Crippen molar-refractivity contribution in [2.24, 2.45) is 5.73 Å². The Morgan fingerprint density at radius 2 is 1.67 bits per heavy atom. The summed E-state index contributed by atoms with van der Waals surface area (Å²) in [5, 5.41) is 25.9. The van der Waals surface area contributed by atoms with E-state index in [4.69, 9.17) is 10.3 Å². The van der Waals surface area contributed by atoms with Gasteiger partial charge in [0.1, 0.15) is 17.5 Å². The van der Waals surface area contributed by atoms with Gasteiger partial charge in [-0.2, -0.15) is 4.98 Å². The zero-order valence-corrected chi connectivity index (χ0v) is 20.1. The minimum absolute atomic E-state index is 0.139. The van der Waals surface area contributed by atoms with Crippen molar-refractivity contribution in [3.63, 3.8) is 0 Å². The third-order valence-electron chi connectivity index (χ3n) is 6.39. The Labute approximate surface area is 209 Å². The summed E-state index contributed by atoms with van der Waals surface area (Å²) >= 11 is 0. The summed E-state index contributed by atoms with van der Waals surface area (Å²) < 4.78 is 5.53. The second-order valence-corrected chi connectivity index (χ2v) is 9.16. The summed E-state index contributed by atoms with van der Waals surface area (Å²) in [5.41, 5.74) is 8.04. The molecule has 0 spiro atoms. The Morgan fingerprint density at radius 3 is 2.28 bits per heavy atom. The van der Waals surface area contributed by atoms with Gasteiger partial charge in [0.05, 0.1) is 12.1 Å². The van der Waals surface area contributed by atoms with Crippen molar-refractivity contribution in [1.29, 1.82) is 0 Å². The minimum Gasteiger partial charge on any atom is -0.508 e. The van der Waals surface area contributed by atoms with E-state index in [1.807, 2.05) is 0 Å². The Morgan fingerprint density at radius 1 is 1.06 bits per heavy atom. The number of carbonyl (C=O) groups is 2. The van der Waals surface area contributed by atoms with Gasteiger partial charge < -0.3 is 30.7 Å². The fourth-order valence-corrected chi connectivity index (χ4v) is 4.34. The first kappa shape index (κ1) is 25.2. The van der Waals surface area contributed by atoms with Gasteiger partial charge in [0.25, 0.3) is 0 Å². The molecule has 0 bridgehead atoms. The number of ketones is 1. The maximum atomic E-state index is 13.2. The van der Waals surface area contributed by atoms with Crippen LogP contribution in [0.5, 0.6) is 11.5 Å². The van der Waals surface area contributed by atoms with Crippen LogP contribution in [0.1, 0.15) is 61.1 Å². The molecule has 10 nitrogen and oxygen atoms in total. The highest BCUT2D eigenvalue weighted by Crippen LogP contribution is 2.31. The van der Waals surface area contributed by atoms with Crippen LogP contribution in [0.15, 0.2) is 53.1 Å². The summed E-state index contributed by atoms with van der Waals surface area (Å²) in [4.78, 5) is 31.7. The maximum Gasteiger partial charge on any atom is 0.318 e. The Kier molecular flexibility index (Phi) is 7.84. The highest BCUT2D eigenvalue weighted by atomic mass is 16.5. The third-order valence-corrected chi connectivity index (χ3v) is 6.39. The van der Waals surface area contributed by atoms with E-state index in [0.717, 1.165) is 24.0 Å². The number of phenolic OH excluding ortho intramolecular Hbond substituents is 2. The lowest BCUT2D eigenvalue weighted by molar-refractivity contribution is -0.118. The molecule has 2 amide bonds. The van der Waals surface area contributed by atoms with Gasteiger partial charge in [-0.1, -0.05) is 29.4 Å². The van der Waals surface area contributed by atoms with Crippen LogP contribution in [-0.4, -0.2) is 49.7 Å². The molecule has 2 aromatic carbocycles. The zero-order chi connectivity index (χ0) is 25.7. The van der Waals surface area contributed by atoms with E-state index in [9.17, 15) is 19.8 Å². The summed E-state index contributed by atoms with van der Waals surface area (Å²) in [6, 6.07) is 11.3. The summed E-state index contributed by atoms with van der Waals surface area (Å²) in [5.74, 6) is 0.821. The average Bonchev–Trinajstić information content (AvgIpc) is 3.37. The van der Waals surface area contributed by atoms with Gasteiger partial charge >= 0.3 is 6.03 Å². The number of nitrogens with two attached hydrogens (primary N) is 1. The molecule has 0 unspecified atom stereocenters. The van der Waals surface area contributed by atoms with Gasteiger partial charge in [-0.25, -0.2) is 4.79 Å². The number of benzene rings is 2. The molecule has 1 aliphatic heterocycles. The predicted octanol–water partition coefficient (Wildman–Crippen LogP) is 3.16. The number of hydrogen-bond acceptors (Lipinski definition) is 8. The van der Waals surface area contributed by atoms with Crippen molar-refractivity contribution in [3.05, 3.63) is 71.4 Å². The first-order valence-corrected chi connectivity index (χ1v) is 12.0. The minimum atomic E-state index is -0.707. The highest BCUT2D eigenvalue weighted by Gasteiger charge is 2.34. The van der Waals surface area contributed by atoms with Crippen molar-refractivity contribution in [2.75, 3.05) is 6.54 Å². The summed E-state index contributed by atoms with van der Waals surface area (Å²) in [6.45, 7) is 1.94. The zero-order valence-electron chi connectivity index (χ0n) is 20.1. The third kappa shape index (κ3) is 6.19. The number of urea groups is 1. The Balaban J connectivity index is 1.44. The van der Waals surface area contributed by atoms with E-state index in [1.165, 1.54) is 6.92 Å². The predicted molar refractivity (Wildman–Crippen MR) is 131 cm³/mol. The lowest BCUT2D eigenvalue weighted by Crippen LogP contribution is -2.50. The standard InChI is InChI=1S/C26H31N5O5/c1-16(32)22(15-18-7-11-20(34)12-8-18)28-26(35)31-13-3-2-4-23(31)25-29-24(30-36-25)21(27)14-17-5-9-19(33)10-6-17/h5-12,21-23,33-34H,2-4,13-15,27H2,1H3,(H,28,35)/t21-,22-,23-/m0/s1. The SMILES string of the molecule is CC(=O)[C@H](Cc1ccc(O)cc1)NC(=O)N1CCCC[C@H]1c1nc([C@@H](N)Cc2ccc(O)cc2)no1. The van der Waals surface area contributed by atoms with E-state index < -0.39 is 18.1 Å². The molecule has 1 fully saturated rings. The van der Waals surface area contributed by atoms with Crippen LogP contribution in [0.3, 0.4) is 0 Å². The number of piperidine rings is 1. The molecule has 3 atom stereocenters.